The molecule has 4 heterocycles. The summed E-state index contributed by atoms with van der Waals surface area (Å²) in [6.07, 6.45) is 1.78. The van der Waals surface area contributed by atoms with Crippen LogP contribution in [0.15, 0.2) is 51.1 Å². The SMILES string of the molecule is O=c1[nH]c(CN2CCN(CCCc3nc(-c4cccs4)no3)CC2)nc2ccccc12. The van der Waals surface area contributed by atoms with Gasteiger partial charge >= 0.3 is 0 Å². The zero-order valence-electron chi connectivity index (χ0n) is 17.2. The van der Waals surface area contributed by atoms with Gasteiger partial charge in [0.05, 0.1) is 22.3 Å². The molecule has 5 rings (SSSR count). The zero-order valence-corrected chi connectivity index (χ0v) is 18.0. The fourth-order valence-corrected chi connectivity index (χ4v) is 4.56. The van der Waals surface area contributed by atoms with Crippen LogP contribution in [0.3, 0.4) is 0 Å². The Morgan fingerprint density at radius 1 is 1.03 bits per heavy atom. The molecule has 3 aromatic heterocycles. The van der Waals surface area contributed by atoms with E-state index < -0.39 is 0 Å². The number of aromatic amines is 1. The van der Waals surface area contributed by atoms with Gasteiger partial charge in [-0.25, -0.2) is 4.98 Å². The molecule has 9 heteroatoms. The molecule has 1 saturated heterocycles. The normalized spacial score (nSPS) is 15.6. The van der Waals surface area contributed by atoms with Gasteiger partial charge in [-0.3, -0.25) is 9.69 Å². The number of thiophene rings is 1. The van der Waals surface area contributed by atoms with E-state index in [1.54, 1.807) is 17.4 Å². The predicted molar refractivity (Wildman–Crippen MR) is 120 cm³/mol. The maximum Gasteiger partial charge on any atom is 0.258 e. The summed E-state index contributed by atoms with van der Waals surface area (Å²) in [5, 5.41) is 6.72. The molecule has 0 unspecified atom stereocenters. The highest BCUT2D eigenvalue weighted by Gasteiger charge is 2.18. The molecule has 0 aliphatic carbocycles. The largest absolute Gasteiger partial charge is 0.339 e. The first-order chi connectivity index (χ1) is 15.2. The summed E-state index contributed by atoms with van der Waals surface area (Å²) in [5.74, 6) is 2.11. The third-order valence-corrected chi connectivity index (χ3v) is 6.44. The van der Waals surface area contributed by atoms with Crippen molar-refractivity contribution in [2.45, 2.75) is 19.4 Å². The minimum absolute atomic E-state index is 0.0671. The number of piperazine rings is 1. The summed E-state index contributed by atoms with van der Waals surface area (Å²) < 4.78 is 5.38. The molecule has 0 spiro atoms. The molecule has 1 N–H and O–H groups in total. The van der Waals surface area contributed by atoms with E-state index in [0.29, 0.717) is 23.6 Å². The van der Waals surface area contributed by atoms with Crippen LogP contribution in [0.5, 0.6) is 0 Å². The van der Waals surface area contributed by atoms with Gasteiger partial charge in [0.2, 0.25) is 11.7 Å². The van der Waals surface area contributed by atoms with Gasteiger partial charge < -0.3 is 14.4 Å². The Kier molecular flexibility index (Phi) is 5.88. The number of hydrogen-bond donors (Lipinski definition) is 1. The monoisotopic (exact) mass is 436 g/mol. The quantitative estimate of drug-likeness (QED) is 0.476. The summed E-state index contributed by atoms with van der Waals surface area (Å²) in [7, 11) is 0. The molecular weight excluding hydrogens is 412 g/mol. The molecule has 160 valence electrons. The Balaban J connectivity index is 1.08. The van der Waals surface area contributed by atoms with Crippen molar-refractivity contribution in [1.82, 2.24) is 29.9 Å². The van der Waals surface area contributed by atoms with Gasteiger partial charge in [-0.05, 0) is 36.5 Å². The second kappa shape index (κ2) is 9.09. The van der Waals surface area contributed by atoms with Gasteiger partial charge in [-0.1, -0.05) is 23.4 Å². The summed E-state index contributed by atoms with van der Waals surface area (Å²) >= 11 is 1.62. The Morgan fingerprint density at radius 2 is 1.87 bits per heavy atom. The highest BCUT2D eigenvalue weighted by Crippen LogP contribution is 2.21. The molecule has 1 aromatic carbocycles. The van der Waals surface area contributed by atoms with Gasteiger partial charge in [0.25, 0.3) is 5.56 Å². The fraction of sp³-hybridized carbons (Fsp3) is 0.364. The molecule has 31 heavy (non-hydrogen) atoms. The number of aryl methyl sites for hydroxylation is 1. The first-order valence-corrected chi connectivity index (χ1v) is 11.4. The molecule has 4 aromatic rings. The molecule has 1 aliphatic heterocycles. The molecule has 0 bridgehead atoms. The summed E-state index contributed by atoms with van der Waals surface area (Å²) in [5.41, 5.74) is 0.686. The lowest BCUT2D eigenvalue weighted by molar-refractivity contribution is 0.123. The van der Waals surface area contributed by atoms with Crippen LogP contribution in [0, 0.1) is 0 Å². The van der Waals surface area contributed by atoms with Crippen molar-refractivity contribution in [3.8, 4) is 10.7 Å². The van der Waals surface area contributed by atoms with Crippen molar-refractivity contribution in [3.05, 3.63) is 63.8 Å². The topological polar surface area (TPSA) is 91.2 Å². The maximum atomic E-state index is 12.3. The molecule has 1 aliphatic rings. The van der Waals surface area contributed by atoms with Crippen molar-refractivity contribution >= 4 is 22.2 Å². The highest BCUT2D eigenvalue weighted by atomic mass is 32.1. The number of fused-ring (bicyclic) bond motifs is 1. The van der Waals surface area contributed by atoms with Crippen LogP contribution in [0.1, 0.15) is 18.1 Å². The third kappa shape index (κ3) is 4.73. The van der Waals surface area contributed by atoms with Crippen LogP contribution in [0.2, 0.25) is 0 Å². The molecule has 0 amide bonds. The zero-order chi connectivity index (χ0) is 21.0. The van der Waals surface area contributed by atoms with Crippen molar-refractivity contribution in [2.75, 3.05) is 32.7 Å². The maximum absolute atomic E-state index is 12.3. The standard InChI is InChI=1S/C22H24N6O2S/c29-22-16-5-1-2-6-17(16)23-19(24-22)15-28-12-10-27(11-13-28)9-3-8-20-25-21(26-30-20)18-7-4-14-31-18/h1-2,4-7,14H,3,8-13,15H2,(H,23,24,29). The van der Waals surface area contributed by atoms with E-state index in [0.717, 1.165) is 61.8 Å². The predicted octanol–water partition coefficient (Wildman–Crippen LogP) is 2.79. The number of para-hydroxylation sites is 1. The number of nitrogens with zero attached hydrogens (tertiary/aromatic N) is 5. The Hall–Kier alpha value is -2.88. The number of benzene rings is 1. The van der Waals surface area contributed by atoms with Gasteiger partial charge in [0.15, 0.2) is 0 Å². The van der Waals surface area contributed by atoms with Crippen molar-refractivity contribution in [2.24, 2.45) is 0 Å². The van der Waals surface area contributed by atoms with E-state index in [4.69, 9.17) is 4.52 Å². The van der Waals surface area contributed by atoms with Crippen LogP contribution >= 0.6 is 11.3 Å². The van der Waals surface area contributed by atoms with Crippen LogP contribution in [0.4, 0.5) is 0 Å². The first-order valence-electron chi connectivity index (χ1n) is 10.5. The lowest BCUT2D eigenvalue weighted by Crippen LogP contribution is -2.46. The molecule has 0 saturated carbocycles. The molecule has 8 nitrogen and oxygen atoms in total. The molecule has 1 fully saturated rings. The molecular formula is C22H24N6O2S. The highest BCUT2D eigenvalue weighted by molar-refractivity contribution is 7.13. The van der Waals surface area contributed by atoms with Crippen LogP contribution in [-0.4, -0.2) is 62.6 Å². The van der Waals surface area contributed by atoms with Gasteiger partial charge in [0.1, 0.15) is 5.82 Å². The first kappa shape index (κ1) is 20.0. The van der Waals surface area contributed by atoms with Gasteiger partial charge in [-0.2, -0.15) is 4.98 Å². The Labute approximate surface area is 183 Å². The van der Waals surface area contributed by atoms with E-state index in [9.17, 15) is 4.79 Å². The second-order valence-electron chi connectivity index (χ2n) is 7.74. The molecule has 0 atom stereocenters. The fourth-order valence-electron chi connectivity index (χ4n) is 3.91. The van der Waals surface area contributed by atoms with E-state index in [1.165, 1.54) is 0 Å². The number of H-pyrrole nitrogens is 1. The minimum atomic E-state index is -0.0671. The second-order valence-corrected chi connectivity index (χ2v) is 8.69. The number of aromatic nitrogens is 4. The van der Waals surface area contributed by atoms with E-state index in [1.807, 2.05) is 35.7 Å². The number of nitrogens with one attached hydrogen (secondary N) is 1. The van der Waals surface area contributed by atoms with Crippen LogP contribution in [-0.2, 0) is 13.0 Å². The van der Waals surface area contributed by atoms with E-state index >= 15 is 0 Å². The number of hydrogen-bond acceptors (Lipinski definition) is 8. The van der Waals surface area contributed by atoms with Crippen LogP contribution < -0.4 is 5.56 Å². The minimum Gasteiger partial charge on any atom is -0.339 e. The smallest absolute Gasteiger partial charge is 0.258 e. The lowest BCUT2D eigenvalue weighted by atomic mass is 10.2. The summed E-state index contributed by atoms with van der Waals surface area (Å²) in [6, 6.07) is 11.5. The van der Waals surface area contributed by atoms with Gasteiger partial charge in [0, 0.05) is 32.6 Å². The van der Waals surface area contributed by atoms with Crippen molar-refractivity contribution < 1.29 is 4.52 Å². The van der Waals surface area contributed by atoms with Crippen LogP contribution in [0.25, 0.3) is 21.6 Å². The van der Waals surface area contributed by atoms with Crippen molar-refractivity contribution in [1.29, 1.82) is 0 Å². The average Bonchev–Trinajstić information content (AvgIpc) is 3.47. The summed E-state index contributed by atoms with van der Waals surface area (Å²) in [4.78, 5) is 30.1. The van der Waals surface area contributed by atoms with Crippen molar-refractivity contribution in [3.63, 3.8) is 0 Å². The Bertz CT molecular complexity index is 1190. The summed E-state index contributed by atoms with van der Waals surface area (Å²) in [6.45, 7) is 5.60. The average molecular weight is 437 g/mol. The number of rotatable bonds is 7. The Morgan fingerprint density at radius 3 is 2.71 bits per heavy atom. The van der Waals surface area contributed by atoms with Gasteiger partial charge in [-0.15, -0.1) is 11.3 Å². The molecule has 0 radical (unpaired) electrons. The lowest BCUT2D eigenvalue weighted by Gasteiger charge is -2.34. The van der Waals surface area contributed by atoms with E-state index in [2.05, 4.69) is 29.9 Å². The third-order valence-electron chi connectivity index (χ3n) is 5.57. The van der Waals surface area contributed by atoms with E-state index in [-0.39, 0.29) is 5.56 Å².